The molecule has 0 saturated carbocycles. The molecule has 2 N–H and O–H groups in total. The smallest absolute Gasteiger partial charge is 0.217 e. The average molecular weight is 331 g/mol. The molecule has 1 aliphatic heterocycles. The first-order valence-corrected chi connectivity index (χ1v) is 8.63. The van der Waals surface area contributed by atoms with Gasteiger partial charge in [-0.05, 0) is 44.7 Å². The van der Waals surface area contributed by atoms with E-state index in [4.69, 9.17) is 0 Å². The number of piperidine rings is 1. The van der Waals surface area contributed by atoms with Crippen molar-refractivity contribution in [2.75, 3.05) is 24.6 Å². The molecule has 2 rings (SSSR count). The van der Waals surface area contributed by atoms with Crippen LogP contribution in [0.4, 0.5) is 5.82 Å². The first-order chi connectivity index (χ1) is 11.4. The van der Waals surface area contributed by atoms with Crippen molar-refractivity contribution in [3.05, 3.63) is 35.5 Å². The van der Waals surface area contributed by atoms with Gasteiger partial charge >= 0.3 is 0 Å². The van der Waals surface area contributed by atoms with Crippen LogP contribution in [-0.2, 0) is 11.3 Å². The molecule has 1 aromatic heterocycles. The molecule has 24 heavy (non-hydrogen) atoms. The predicted molar refractivity (Wildman–Crippen MR) is 96.8 cm³/mol. The van der Waals surface area contributed by atoms with Crippen LogP contribution in [0.25, 0.3) is 0 Å². The van der Waals surface area contributed by atoms with E-state index in [1.807, 2.05) is 18.3 Å². The van der Waals surface area contributed by atoms with Crippen LogP contribution in [0, 0.1) is 5.41 Å². The Morgan fingerprint density at radius 1 is 1.42 bits per heavy atom. The molecule has 1 atom stereocenters. The summed E-state index contributed by atoms with van der Waals surface area (Å²) in [5, 5.41) is 12.7. The Morgan fingerprint density at radius 2 is 2.21 bits per heavy atom. The van der Waals surface area contributed by atoms with E-state index in [0.717, 1.165) is 43.7 Å². The lowest BCUT2D eigenvalue weighted by molar-refractivity contribution is -0.119. The number of carbonyl (C=O) groups excluding carboxylic acids is 1. The summed E-state index contributed by atoms with van der Waals surface area (Å²) in [7, 11) is 0. The predicted octanol–water partition coefficient (Wildman–Crippen LogP) is 2.65. The van der Waals surface area contributed by atoms with Crippen LogP contribution in [0.15, 0.2) is 30.0 Å². The summed E-state index contributed by atoms with van der Waals surface area (Å²) in [6.45, 7) is 8.20. The van der Waals surface area contributed by atoms with E-state index >= 15 is 0 Å². The van der Waals surface area contributed by atoms with Gasteiger partial charge < -0.3 is 15.3 Å². The maximum absolute atomic E-state index is 11.0. The van der Waals surface area contributed by atoms with Gasteiger partial charge in [-0.2, -0.15) is 0 Å². The Balaban J connectivity index is 2.05. The van der Waals surface area contributed by atoms with Crippen molar-refractivity contribution in [2.24, 2.45) is 5.41 Å². The zero-order valence-corrected chi connectivity index (χ0v) is 15.0. The number of aliphatic hydroxyl groups excluding tert-OH is 1. The van der Waals surface area contributed by atoms with Crippen molar-refractivity contribution in [1.29, 1.82) is 0 Å². The highest BCUT2D eigenvalue weighted by atomic mass is 16.3. The lowest BCUT2D eigenvalue weighted by atomic mass is 9.77. The lowest BCUT2D eigenvalue weighted by Gasteiger charge is -2.42. The summed E-state index contributed by atoms with van der Waals surface area (Å²) in [5.41, 5.74) is 2.20. The maximum atomic E-state index is 11.0. The summed E-state index contributed by atoms with van der Waals surface area (Å²) in [6.07, 6.45) is 7.06. The molecule has 1 saturated heterocycles. The van der Waals surface area contributed by atoms with Crippen LogP contribution in [0.3, 0.4) is 0 Å². The number of hydrogen-bond donors (Lipinski definition) is 2. The number of aliphatic hydroxyl groups is 1. The fraction of sp³-hybridized carbons (Fsp3) is 0.579. The molecular weight excluding hydrogens is 302 g/mol. The molecule has 0 aliphatic carbocycles. The van der Waals surface area contributed by atoms with Gasteiger partial charge in [0.05, 0.1) is 6.61 Å². The Bertz CT molecular complexity index is 579. The molecule has 0 aromatic carbocycles. The molecule has 1 fully saturated rings. The first kappa shape index (κ1) is 18.5. The minimum Gasteiger partial charge on any atom is -0.396 e. The first-order valence-electron chi connectivity index (χ1n) is 8.63. The number of carbonyl (C=O) groups is 1. The topological polar surface area (TPSA) is 65.5 Å². The molecule has 1 aromatic rings. The van der Waals surface area contributed by atoms with Crippen LogP contribution in [0.1, 0.15) is 45.6 Å². The van der Waals surface area contributed by atoms with Gasteiger partial charge in [0.1, 0.15) is 5.82 Å². The quantitative estimate of drug-likeness (QED) is 0.787. The van der Waals surface area contributed by atoms with Gasteiger partial charge in [-0.25, -0.2) is 4.98 Å². The van der Waals surface area contributed by atoms with Crippen LogP contribution in [0.5, 0.6) is 0 Å². The fourth-order valence-corrected chi connectivity index (χ4v) is 3.12. The van der Waals surface area contributed by atoms with Crippen molar-refractivity contribution in [3.8, 4) is 0 Å². The highest BCUT2D eigenvalue weighted by molar-refractivity contribution is 5.72. The summed E-state index contributed by atoms with van der Waals surface area (Å²) >= 11 is 0. The number of anilines is 1. The van der Waals surface area contributed by atoms with E-state index in [1.54, 1.807) is 0 Å². The van der Waals surface area contributed by atoms with E-state index < -0.39 is 0 Å². The molecule has 2 heterocycles. The molecule has 0 spiro atoms. The van der Waals surface area contributed by atoms with Gasteiger partial charge in [0, 0.05) is 38.2 Å². The minimum atomic E-state index is -0.0773. The number of rotatable bonds is 6. The molecule has 0 radical (unpaired) electrons. The molecule has 0 unspecified atom stereocenters. The van der Waals surface area contributed by atoms with E-state index in [1.165, 1.54) is 12.5 Å². The van der Waals surface area contributed by atoms with Crippen molar-refractivity contribution in [1.82, 2.24) is 10.3 Å². The second kappa shape index (κ2) is 8.29. The monoisotopic (exact) mass is 331 g/mol. The van der Waals surface area contributed by atoms with Gasteiger partial charge in [-0.15, -0.1) is 0 Å². The summed E-state index contributed by atoms with van der Waals surface area (Å²) in [5.74, 6) is 0.901. The van der Waals surface area contributed by atoms with Crippen LogP contribution >= 0.6 is 0 Å². The molecule has 132 valence electrons. The number of hydrogen-bond acceptors (Lipinski definition) is 4. The minimum absolute atomic E-state index is 0.0397. The molecule has 5 heteroatoms. The van der Waals surface area contributed by atoms with Crippen LogP contribution < -0.4 is 10.2 Å². The van der Waals surface area contributed by atoms with E-state index in [9.17, 15) is 9.90 Å². The highest BCUT2D eigenvalue weighted by Crippen LogP contribution is 2.35. The third kappa shape index (κ3) is 5.06. The van der Waals surface area contributed by atoms with E-state index in [2.05, 4.69) is 35.1 Å². The van der Waals surface area contributed by atoms with E-state index in [0.29, 0.717) is 6.54 Å². The zero-order chi connectivity index (χ0) is 17.6. The molecular formula is C19H29N3O2. The van der Waals surface area contributed by atoms with Gasteiger partial charge in [0.15, 0.2) is 0 Å². The second-order valence-electron chi connectivity index (χ2n) is 7.10. The number of nitrogens with one attached hydrogen (secondary N) is 1. The van der Waals surface area contributed by atoms with Crippen LogP contribution in [-0.4, -0.2) is 35.7 Å². The third-order valence-corrected chi connectivity index (χ3v) is 4.61. The van der Waals surface area contributed by atoms with Gasteiger partial charge in [-0.3, -0.25) is 4.79 Å². The Labute approximate surface area is 144 Å². The zero-order valence-electron chi connectivity index (χ0n) is 15.0. The lowest BCUT2D eigenvalue weighted by Crippen LogP contribution is -2.45. The van der Waals surface area contributed by atoms with Crippen molar-refractivity contribution in [3.63, 3.8) is 0 Å². The molecule has 1 amide bonds. The SMILES string of the molecule is CC(=O)NCc1ccc(N2CCC[C@](CO)(CC=C(C)C)C2)nc1. The third-order valence-electron chi connectivity index (χ3n) is 4.61. The number of amides is 1. The normalized spacial score (nSPS) is 20.6. The van der Waals surface area contributed by atoms with Gasteiger partial charge in [0.2, 0.25) is 5.91 Å². The highest BCUT2D eigenvalue weighted by Gasteiger charge is 2.34. The number of nitrogens with zero attached hydrogens (tertiary/aromatic N) is 2. The average Bonchev–Trinajstić information content (AvgIpc) is 2.59. The Hall–Kier alpha value is -1.88. The number of aromatic nitrogens is 1. The number of pyridine rings is 1. The van der Waals surface area contributed by atoms with Crippen molar-refractivity contribution >= 4 is 11.7 Å². The molecule has 5 nitrogen and oxygen atoms in total. The Kier molecular flexibility index (Phi) is 6.37. The number of allylic oxidation sites excluding steroid dienone is 2. The van der Waals surface area contributed by atoms with E-state index in [-0.39, 0.29) is 17.9 Å². The van der Waals surface area contributed by atoms with Gasteiger partial charge in [-0.1, -0.05) is 17.7 Å². The summed E-state index contributed by atoms with van der Waals surface area (Å²) in [6, 6.07) is 4.01. The van der Waals surface area contributed by atoms with Gasteiger partial charge in [0.25, 0.3) is 0 Å². The largest absolute Gasteiger partial charge is 0.396 e. The van der Waals surface area contributed by atoms with Crippen molar-refractivity contribution < 1.29 is 9.90 Å². The Morgan fingerprint density at radius 3 is 2.79 bits per heavy atom. The molecule has 1 aliphatic rings. The maximum Gasteiger partial charge on any atom is 0.217 e. The summed E-state index contributed by atoms with van der Waals surface area (Å²) in [4.78, 5) is 17.8. The molecule has 0 bridgehead atoms. The fourth-order valence-electron chi connectivity index (χ4n) is 3.12. The van der Waals surface area contributed by atoms with Crippen molar-refractivity contribution in [2.45, 2.75) is 46.6 Å². The standard InChI is InChI=1S/C19H29N3O2/c1-15(2)7-9-19(14-23)8-4-10-22(13-19)18-6-5-17(12-21-18)11-20-16(3)24/h5-7,12,23H,4,8-11,13-14H2,1-3H3,(H,20,24)/t19-/m0/s1. The van der Waals surface area contributed by atoms with Crippen LogP contribution in [0.2, 0.25) is 0 Å². The summed E-state index contributed by atoms with van der Waals surface area (Å²) < 4.78 is 0. The second-order valence-corrected chi connectivity index (χ2v) is 7.10.